The predicted octanol–water partition coefficient (Wildman–Crippen LogP) is 3.72. The molecule has 0 fully saturated rings. The van der Waals surface area contributed by atoms with E-state index in [9.17, 15) is 10.1 Å². The van der Waals surface area contributed by atoms with E-state index in [0.29, 0.717) is 5.69 Å². The topological polar surface area (TPSA) is 68.1 Å². The Balaban J connectivity index is 2.53. The average molecular weight is 265 g/mol. The molecule has 1 atom stereocenters. The molecule has 2 aromatic rings. The second-order valence-electron chi connectivity index (χ2n) is 4.28. The van der Waals surface area contributed by atoms with Crippen LogP contribution in [0.25, 0.3) is 10.2 Å². The number of fused-ring (bicyclic) bond motifs is 1. The number of nitrogens with one attached hydrogen (secondary N) is 1. The highest BCUT2D eigenvalue weighted by Gasteiger charge is 2.18. The summed E-state index contributed by atoms with van der Waals surface area (Å²) in [5, 5.41) is 15.2. The van der Waals surface area contributed by atoms with Crippen molar-refractivity contribution in [1.82, 2.24) is 4.98 Å². The van der Waals surface area contributed by atoms with E-state index in [-0.39, 0.29) is 16.7 Å². The second kappa shape index (κ2) is 4.89. The summed E-state index contributed by atoms with van der Waals surface area (Å²) < 4.78 is 0.855. The molecule has 0 aliphatic rings. The van der Waals surface area contributed by atoms with E-state index in [4.69, 9.17) is 0 Å². The zero-order valence-electron chi connectivity index (χ0n) is 10.6. The zero-order valence-corrected chi connectivity index (χ0v) is 11.4. The van der Waals surface area contributed by atoms with Crippen molar-refractivity contribution >= 4 is 32.9 Å². The number of benzene rings is 1. The number of hydrogen-bond acceptors (Lipinski definition) is 5. The molecule has 0 radical (unpaired) electrons. The molecule has 0 aliphatic heterocycles. The van der Waals surface area contributed by atoms with Crippen LogP contribution in [0, 0.1) is 17.0 Å². The van der Waals surface area contributed by atoms with Crippen LogP contribution >= 0.6 is 11.3 Å². The van der Waals surface area contributed by atoms with Crippen molar-refractivity contribution in [2.24, 2.45) is 0 Å². The van der Waals surface area contributed by atoms with Crippen LogP contribution in [0.3, 0.4) is 0 Å². The van der Waals surface area contributed by atoms with Gasteiger partial charge in [0.2, 0.25) is 0 Å². The van der Waals surface area contributed by atoms with Crippen molar-refractivity contribution < 1.29 is 4.92 Å². The molecule has 0 amide bonds. The summed E-state index contributed by atoms with van der Waals surface area (Å²) in [6.07, 6.45) is 0.908. The number of nitrogens with zero attached hydrogens (tertiary/aromatic N) is 2. The van der Waals surface area contributed by atoms with Crippen LogP contribution < -0.4 is 5.32 Å². The van der Waals surface area contributed by atoms with Crippen LogP contribution in [-0.4, -0.2) is 15.9 Å². The van der Waals surface area contributed by atoms with Gasteiger partial charge in [-0.15, -0.1) is 11.3 Å². The van der Waals surface area contributed by atoms with Gasteiger partial charge in [-0.05, 0) is 26.3 Å². The van der Waals surface area contributed by atoms with Gasteiger partial charge in [-0.2, -0.15) is 0 Å². The van der Waals surface area contributed by atoms with Gasteiger partial charge in [0.15, 0.2) is 0 Å². The number of anilines is 1. The fourth-order valence-electron chi connectivity index (χ4n) is 1.71. The smallest absolute Gasteiger partial charge is 0.293 e. The molecule has 0 saturated heterocycles. The van der Waals surface area contributed by atoms with Gasteiger partial charge in [0, 0.05) is 12.1 Å². The Bertz CT molecular complexity index is 594. The van der Waals surface area contributed by atoms with Crippen LogP contribution in [-0.2, 0) is 0 Å². The third kappa shape index (κ3) is 2.43. The van der Waals surface area contributed by atoms with Gasteiger partial charge in [-0.25, -0.2) is 4.98 Å². The zero-order chi connectivity index (χ0) is 13.3. The van der Waals surface area contributed by atoms with Gasteiger partial charge < -0.3 is 5.32 Å². The number of aryl methyl sites for hydroxylation is 1. The molecule has 0 saturated carbocycles. The summed E-state index contributed by atoms with van der Waals surface area (Å²) >= 11 is 1.47. The third-order valence-electron chi connectivity index (χ3n) is 2.82. The Morgan fingerprint density at radius 3 is 2.89 bits per heavy atom. The molecule has 0 spiro atoms. The highest BCUT2D eigenvalue weighted by atomic mass is 32.1. The maximum atomic E-state index is 11.1. The molecular formula is C12H15N3O2S. The maximum absolute atomic E-state index is 11.1. The van der Waals surface area contributed by atoms with Gasteiger partial charge in [0.1, 0.15) is 5.69 Å². The number of nitro benzene ring substituents is 1. The van der Waals surface area contributed by atoms with Gasteiger partial charge >= 0.3 is 0 Å². The molecule has 1 unspecified atom stereocenters. The van der Waals surface area contributed by atoms with E-state index in [0.717, 1.165) is 21.6 Å². The number of nitro groups is 1. The van der Waals surface area contributed by atoms with E-state index in [1.807, 2.05) is 20.8 Å². The van der Waals surface area contributed by atoms with Crippen molar-refractivity contribution in [3.63, 3.8) is 0 Å². The first kappa shape index (κ1) is 12.8. The largest absolute Gasteiger partial charge is 0.377 e. The summed E-state index contributed by atoms with van der Waals surface area (Å²) in [6.45, 7) is 5.94. The van der Waals surface area contributed by atoms with Crippen LogP contribution in [0.15, 0.2) is 12.1 Å². The Kier molecular flexibility index (Phi) is 3.47. The first-order valence-corrected chi connectivity index (χ1v) is 6.65. The van der Waals surface area contributed by atoms with E-state index in [1.165, 1.54) is 11.3 Å². The van der Waals surface area contributed by atoms with Gasteiger partial charge in [0.25, 0.3) is 5.69 Å². The lowest BCUT2D eigenvalue weighted by molar-refractivity contribution is -0.383. The Morgan fingerprint density at radius 2 is 2.28 bits per heavy atom. The number of thiazole rings is 1. The quantitative estimate of drug-likeness (QED) is 0.675. The minimum Gasteiger partial charge on any atom is -0.377 e. The molecular weight excluding hydrogens is 250 g/mol. The molecule has 1 N–H and O–H groups in total. The highest BCUT2D eigenvalue weighted by molar-refractivity contribution is 7.18. The van der Waals surface area contributed by atoms with E-state index in [1.54, 1.807) is 12.1 Å². The Hall–Kier alpha value is -1.69. The monoisotopic (exact) mass is 265 g/mol. The lowest BCUT2D eigenvalue weighted by Crippen LogP contribution is -2.14. The van der Waals surface area contributed by atoms with Gasteiger partial charge in [0.05, 0.1) is 20.1 Å². The molecule has 1 aromatic heterocycles. The average Bonchev–Trinajstić information content (AvgIpc) is 2.66. The van der Waals surface area contributed by atoms with E-state index >= 15 is 0 Å². The van der Waals surface area contributed by atoms with Gasteiger partial charge in [-0.3, -0.25) is 10.1 Å². The number of hydrogen-bond donors (Lipinski definition) is 1. The summed E-state index contributed by atoms with van der Waals surface area (Å²) in [7, 11) is 0. The minimum atomic E-state index is -0.348. The van der Waals surface area contributed by atoms with Crippen molar-refractivity contribution in [1.29, 1.82) is 0 Å². The fraction of sp³-hybridized carbons (Fsp3) is 0.417. The van der Waals surface area contributed by atoms with Crippen LogP contribution in [0.4, 0.5) is 11.4 Å². The SMILES string of the molecule is CCC(C)Nc1cc2nc(C)sc2cc1[N+](=O)[O-]. The molecule has 5 nitrogen and oxygen atoms in total. The maximum Gasteiger partial charge on any atom is 0.293 e. The highest BCUT2D eigenvalue weighted by Crippen LogP contribution is 2.33. The molecule has 0 bridgehead atoms. The van der Waals surface area contributed by atoms with Crippen molar-refractivity contribution in [3.05, 3.63) is 27.3 Å². The minimum absolute atomic E-state index is 0.117. The Morgan fingerprint density at radius 1 is 1.56 bits per heavy atom. The lowest BCUT2D eigenvalue weighted by atomic mass is 10.2. The van der Waals surface area contributed by atoms with Crippen LogP contribution in [0.5, 0.6) is 0 Å². The van der Waals surface area contributed by atoms with Crippen molar-refractivity contribution in [2.75, 3.05) is 5.32 Å². The summed E-state index contributed by atoms with van der Waals surface area (Å²) in [6, 6.07) is 3.56. The lowest BCUT2D eigenvalue weighted by Gasteiger charge is -2.12. The standard InChI is InChI=1S/C12H15N3O2S/c1-4-7(2)13-9-5-10-12(18-8(3)14-10)6-11(9)15(16)17/h5-7,13H,4H2,1-3H3. The molecule has 18 heavy (non-hydrogen) atoms. The summed E-state index contributed by atoms with van der Waals surface area (Å²) in [5.41, 5.74) is 1.48. The van der Waals surface area contributed by atoms with Gasteiger partial charge in [-0.1, -0.05) is 6.92 Å². The van der Waals surface area contributed by atoms with Crippen molar-refractivity contribution in [3.8, 4) is 0 Å². The summed E-state index contributed by atoms with van der Waals surface area (Å²) in [4.78, 5) is 15.1. The second-order valence-corrected chi connectivity index (χ2v) is 5.52. The molecule has 6 heteroatoms. The summed E-state index contributed by atoms with van der Waals surface area (Å²) in [5.74, 6) is 0. The molecule has 1 aromatic carbocycles. The molecule has 96 valence electrons. The van der Waals surface area contributed by atoms with Crippen LogP contribution in [0.2, 0.25) is 0 Å². The Labute approximate surface area is 109 Å². The van der Waals surface area contributed by atoms with E-state index in [2.05, 4.69) is 10.3 Å². The number of aromatic nitrogens is 1. The third-order valence-corrected chi connectivity index (χ3v) is 3.76. The number of rotatable bonds is 4. The molecule has 2 rings (SSSR count). The van der Waals surface area contributed by atoms with Crippen LogP contribution in [0.1, 0.15) is 25.3 Å². The normalized spacial score (nSPS) is 12.6. The first-order chi connectivity index (χ1) is 8.51. The van der Waals surface area contributed by atoms with Crippen molar-refractivity contribution in [2.45, 2.75) is 33.2 Å². The fourth-order valence-corrected chi connectivity index (χ4v) is 2.55. The molecule has 0 aliphatic carbocycles. The molecule has 1 heterocycles. The first-order valence-electron chi connectivity index (χ1n) is 5.83. The predicted molar refractivity (Wildman–Crippen MR) is 74.4 cm³/mol. The van der Waals surface area contributed by atoms with E-state index < -0.39 is 0 Å².